The minimum Gasteiger partial charge on any atom is -0.396 e. The second kappa shape index (κ2) is 7.31. The maximum Gasteiger partial charge on any atom is 0.214 e. The highest BCUT2D eigenvalue weighted by Gasteiger charge is 2.24. The van der Waals surface area contributed by atoms with Gasteiger partial charge < -0.3 is 10.4 Å². The second-order valence-corrected chi connectivity index (χ2v) is 6.94. The van der Waals surface area contributed by atoms with Crippen LogP contribution in [-0.2, 0) is 10.0 Å². The van der Waals surface area contributed by atoms with Crippen molar-refractivity contribution in [1.82, 2.24) is 9.62 Å². The van der Waals surface area contributed by atoms with Gasteiger partial charge in [-0.15, -0.1) is 0 Å². The number of nitrogens with zero attached hydrogens (tertiary/aromatic N) is 1. The lowest BCUT2D eigenvalue weighted by molar-refractivity contribution is 0.114. The van der Waals surface area contributed by atoms with Crippen molar-refractivity contribution in [3.05, 3.63) is 0 Å². The molecule has 17 heavy (non-hydrogen) atoms. The van der Waals surface area contributed by atoms with E-state index in [1.165, 1.54) is 18.4 Å². The highest BCUT2D eigenvalue weighted by Crippen LogP contribution is 2.24. The molecule has 0 radical (unpaired) electrons. The standard InChI is InChI=1S/C11H26N2O3S/c1-5-11(6-2,10-14)9-12-7-8-17(15,16)13(3)4/h12,14H,5-10H2,1-4H3. The van der Waals surface area contributed by atoms with Gasteiger partial charge in [-0.05, 0) is 12.8 Å². The summed E-state index contributed by atoms with van der Waals surface area (Å²) in [7, 11) is -0.0614. The van der Waals surface area contributed by atoms with E-state index in [1.54, 1.807) is 0 Å². The Hall–Kier alpha value is -0.170. The van der Waals surface area contributed by atoms with Gasteiger partial charge >= 0.3 is 0 Å². The average Bonchev–Trinajstić information content (AvgIpc) is 2.30. The SMILES string of the molecule is CCC(CC)(CO)CNCCS(=O)(=O)N(C)C. The number of rotatable bonds is 9. The van der Waals surface area contributed by atoms with E-state index >= 15 is 0 Å². The Labute approximate surface area is 105 Å². The Balaban J connectivity index is 4.08. The summed E-state index contributed by atoms with van der Waals surface area (Å²) in [5.41, 5.74) is -0.123. The molecule has 0 unspecified atom stereocenters. The van der Waals surface area contributed by atoms with Gasteiger partial charge in [0.05, 0.1) is 5.75 Å². The molecule has 0 saturated heterocycles. The van der Waals surface area contributed by atoms with E-state index in [-0.39, 0.29) is 17.8 Å². The Bertz CT molecular complexity index is 290. The molecule has 0 aliphatic heterocycles. The number of aliphatic hydroxyl groups is 1. The molecular formula is C11H26N2O3S. The van der Waals surface area contributed by atoms with E-state index in [9.17, 15) is 13.5 Å². The molecule has 0 spiro atoms. The highest BCUT2D eigenvalue weighted by molar-refractivity contribution is 7.89. The zero-order valence-electron chi connectivity index (χ0n) is 11.4. The van der Waals surface area contributed by atoms with Crippen LogP contribution in [-0.4, -0.2) is 57.4 Å². The minimum absolute atomic E-state index is 0.0922. The zero-order valence-corrected chi connectivity index (χ0v) is 12.2. The number of hydrogen-bond donors (Lipinski definition) is 2. The van der Waals surface area contributed by atoms with Crippen molar-refractivity contribution in [3.63, 3.8) is 0 Å². The van der Waals surface area contributed by atoms with Crippen molar-refractivity contribution in [1.29, 1.82) is 0 Å². The molecule has 6 heteroatoms. The van der Waals surface area contributed by atoms with E-state index in [0.717, 1.165) is 12.8 Å². The van der Waals surface area contributed by atoms with Crippen LogP contribution in [0.2, 0.25) is 0 Å². The van der Waals surface area contributed by atoms with Crippen LogP contribution in [0.4, 0.5) is 0 Å². The molecule has 0 fully saturated rings. The van der Waals surface area contributed by atoms with E-state index in [0.29, 0.717) is 13.1 Å². The summed E-state index contributed by atoms with van der Waals surface area (Å²) in [6.45, 7) is 5.28. The maximum atomic E-state index is 11.5. The highest BCUT2D eigenvalue weighted by atomic mass is 32.2. The van der Waals surface area contributed by atoms with Crippen molar-refractivity contribution < 1.29 is 13.5 Å². The van der Waals surface area contributed by atoms with Gasteiger partial charge in [0.15, 0.2) is 0 Å². The van der Waals surface area contributed by atoms with Crippen molar-refractivity contribution in [2.24, 2.45) is 5.41 Å². The molecule has 0 rings (SSSR count). The first-order valence-corrected chi connectivity index (χ1v) is 7.66. The molecule has 5 nitrogen and oxygen atoms in total. The van der Waals surface area contributed by atoms with Crippen LogP contribution < -0.4 is 5.32 Å². The maximum absolute atomic E-state index is 11.5. The smallest absolute Gasteiger partial charge is 0.214 e. The molecule has 0 aromatic rings. The summed E-state index contributed by atoms with van der Waals surface area (Å²) in [6.07, 6.45) is 1.76. The minimum atomic E-state index is -3.13. The summed E-state index contributed by atoms with van der Waals surface area (Å²) in [5, 5.41) is 12.5. The van der Waals surface area contributed by atoms with Gasteiger partial charge in [0, 0.05) is 39.2 Å². The fourth-order valence-electron chi connectivity index (χ4n) is 1.52. The molecule has 104 valence electrons. The van der Waals surface area contributed by atoms with Crippen molar-refractivity contribution in [2.75, 3.05) is 39.5 Å². The molecule has 0 aromatic carbocycles. The Kier molecular flexibility index (Phi) is 7.23. The van der Waals surface area contributed by atoms with E-state index in [2.05, 4.69) is 5.32 Å². The second-order valence-electron chi connectivity index (χ2n) is 4.64. The molecular weight excluding hydrogens is 240 g/mol. The molecule has 0 atom stereocenters. The zero-order chi connectivity index (χ0) is 13.5. The lowest BCUT2D eigenvalue weighted by atomic mass is 9.83. The predicted molar refractivity (Wildman–Crippen MR) is 70.4 cm³/mol. The molecule has 0 aliphatic rings. The summed E-state index contributed by atoms with van der Waals surface area (Å²) >= 11 is 0. The average molecular weight is 266 g/mol. The van der Waals surface area contributed by atoms with Gasteiger partial charge in [0.25, 0.3) is 0 Å². The van der Waals surface area contributed by atoms with E-state index in [1.807, 2.05) is 13.8 Å². The number of sulfonamides is 1. The molecule has 0 aliphatic carbocycles. The first-order chi connectivity index (χ1) is 7.83. The Morgan fingerprint density at radius 3 is 2.12 bits per heavy atom. The Morgan fingerprint density at radius 1 is 1.24 bits per heavy atom. The third-order valence-electron chi connectivity index (χ3n) is 3.43. The van der Waals surface area contributed by atoms with Crippen LogP contribution in [0.3, 0.4) is 0 Å². The van der Waals surface area contributed by atoms with Crippen molar-refractivity contribution in [2.45, 2.75) is 26.7 Å². The molecule has 0 amide bonds. The molecule has 2 N–H and O–H groups in total. The van der Waals surface area contributed by atoms with Crippen LogP contribution in [0.25, 0.3) is 0 Å². The quantitative estimate of drug-likeness (QED) is 0.588. The van der Waals surface area contributed by atoms with Crippen molar-refractivity contribution >= 4 is 10.0 Å². The first-order valence-electron chi connectivity index (χ1n) is 6.05. The monoisotopic (exact) mass is 266 g/mol. The van der Waals surface area contributed by atoms with Crippen LogP contribution >= 0.6 is 0 Å². The number of aliphatic hydroxyl groups excluding tert-OH is 1. The van der Waals surface area contributed by atoms with Crippen LogP contribution in [0.15, 0.2) is 0 Å². The van der Waals surface area contributed by atoms with Gasteiger partial charge in [0.2, 0.25) is 10.0 Å². The van der Waals surface area contributed by atoms with Gasteiger partial charge in [-0.3, -0.25) is 0 Å². The van der Waals surface area contributed by atoms with Gasteiger partial charge in [-0.2, -0.15) is 0 Å². The lowest BCUT2D eigenvalue weighted by Gasteiger charge is -2.29. The van der Waals surface area contributed by atoms with Gasteiger partial charge in [0.1, 0.15) is 0 Å². The summed E-state index contributed by atoms with van der Waals surface area (Å²) in [4.78, 5) is 0. The van der Waals surface area contributed by atoms with Crippen molar-refractivity contribution in [3.8, 4) is 0 Å². The summed E-state index contributed by atoms with van der Waals surface area (Å²) in [6, 6.07) is 0. The summed E-state index contributed by atoms with van der Waals surface area (Å²) < 4.78 is 24.2. The molecule has 0 heterocycles. The van der Waals surface area contributed by atoms with Gasteiger partial charge in [-0.25, -0.2) is 12.7 Å². The number of nitrogens with one attached hydrogen (secondary N) is 1. The molecule has 0 saturated carbocycles. The van der Waals surface area contributed by atoms with E-state index in [4.69, 9.17) is 0 Å². The lowest BCUT2D eigenvalue weighted by Crippen LogP contribution is -2.39. The van der Waals surface area contributed by atoms with Crippen LogP contribution in [0.1, 0.15) is 26.7 Å². The van der Waals surface area contributed by atoms with E-state index < -0.39 is 10.0 Å². The molecule has 0 aromatic heterocycles. The van der Waals surface area contributed by atoms with Crippen LogP contribution in [0, 0.1) is 5.41 Å². The van der Waals surface area contributed by atoms with Gasteiger partial charge in [-0.1, -0.05) is 13.8 Å². The molecule has 0 bridgehead atoms. The normalized spacial score (nSPS) is 13.3. The summed E-state index contributed by atoms with van der Waals surface area (Å²) in [5.74, 6) is 0.0922. The number of hydrogen-bond acceptors (Lipinski definition) is 4. The fraction of sp³-hybridized carbons (Fsp3) is 1.00. The Morgan fingerprint density at radius 2 is 1.76 bits per heavy atom. The third-order valence-corrected chi connectivity index (χ3v) is 5.26. The third kappa shape index (κ3) is 5.33. The first kappa shape index (κ1) is 16.8. The predicted octanol–water partition coefficient (Wildman–Crippen LogP) is 0.266. The topological polar surface area (TPSA) is 69.6 Å². The van der Waals surface area contributed by atoms with Crippen LogP contribution in [0.5, 0.6) is 0 Å². The fourth-order valence-corrected chi connectivity index (χ4v) is 2.28. The largest absolute Gasteiger partial charge is 0.396 e.